The van der Waals surface area contributed by atoms with Crippen LogP contribution in [-0.4, -0.2) is 13.1 Å². The summed E-state index contributed by atoms with van der Waals surface area (Å²) < 4.78 is 0. The molecule has 1 rings (SSSR count). The average molecular weight is 274 g/mol. The molecule has 96 valence electrons. The normalized spacial score (nSPS) is 11.8. The lowest BCUT2D eigenvalue weighted by atomic mass is 9.85. The molecule has 17 heavy (non-hydrogen) atoms. The van der Waals surface area contributed by atoms with Gasteiger partial charge in [-0.15, -0.1) is 0 Å². The van der Waals surface area contributed by atoms with E-state index >= 15 is 0 Å². The van der Waals surface area contributed by atoms with Gasteiger partial charge >= 0.3 is 0 Å². The number of halogens is 2. The molecule has 0 aliphatic carbocycles. The van der Waals surface area contributed by atoms with Crippen LogP contribution < -0.4 is 5.32 Å². The molecular formula is C14H21Cl2N. The first kappa shape index (κ1) is 14.8. The zero-order chi connectivity index (χ0) is 12.9. The largest absolute Gasteiger partial charge is 0.316 e. The lowest BCUT2D eigenvalue weighted by Gasteiger charge is -2.25. The summed E-state index contributed by atoms with van der Waals surface area (Å²) in [5.41, 5.74) is 1.31. The Labute approximate surface area is 115 Å². The molecule has 0 saturated carbocycles. The maximum absolute atomic E-state index is 6.21. The minimum Gasteiger partial charge on any atom is -0.316 e. The predicted molar refractivity (Wildman–Crippen MR) is 77.1 cm³/mol. The van der Waals surface area contributed by atoms with Crippen LogP contribution in [0.15, 0.2) is 18.2 Å². The summed E-state index contributed by atoms with van der Waals surface area (Å²) >= 11 is 12.2. The smallest absolute Gasteiger partial charge is 0.0624 e. The molecule has 0 amide bonds. The van der Waals surface area contributed by atoms with Crippen molar-refractivity contribution in [3.8, 4) is 0 Å². The van der Waals surface area contributed by atoms with Gasteiger partial charge in [0.05, 0.1) is 10.0 Å². The first-order valence-corrected chi connectivity index (χ1v) is 6.85. The maximum Gasteiger partial charge on any atom is 0.0624 e. The third kappa shape index (κ3) is 4.87. The second-order valence-corrected chi connectivity index (χ2v) is 6.02. The summed E-state index contributed by atoms with van der Waals surface area (Å²) in [6.07, 6.45) is 2.09. The predicted octanol–water partition coefficient (Wildman–Crippen LogP) is 4.56. The van der Waals surface area contributed by atoms with Gasteiger partial charge in [-0.05, 0) is 36.4 Å². The Morgan fingerprint density at radius 3 is 2.59 bits per heavy atom. The van der Waals surface area contributed by atoms with E-state index in [0.717, 1.165) is 31.5 Å². The van der Waals surface area contributed by atoms with E-state index in [0.29, 0.717) is 10.0 Å². The van der Waals surface area contributed by atoms with E-state index < -0.39 is 0 Å². The van der Waals surface area contributed by atoms with Gasteiger partial charge in [0.15, 0.2) is 0 Å². The first-order valence-electron chi connectivity index (χ1n) is 6.10. The fourth-order valence-corrected chi connectivity index (χ4v) is 2.25. The van der Waals surface area contributed by atoms with E-state index in [1.807, 2.05) is 12.1 Å². The van der Waals surface area contributed by atoms with Gasteiger partial charge in [0.2, 0.25) is 0 Å². The van der Waals surface area contributed by atoms with Crippen molar-refractivity contribution in [2.24, 2.45) is 5.41 Å². The van der Waals surface area contributed by atoms with E-state index in [1.165, 1.54) is 0 Å². The Morgan fingerprint density at radius 2 is 1.94 bits per heavy atom. The van der Waals surface area contributed by atoms with Crippen LogP contribution in [-0.2, 0) is 6.42 Å². The van der Waals surface area contributed by atoms with Crippen molar-refractivity contribution >= 4 is 23.2 Å². The third-order valence-corrected chi connectivity index (χ3v) is 3.59. The Hall–Kier alpha value is -0.240. The van der Waals surface area contributed by atoms with Gasteiger partial charge in [0.1, 0.15) is 0 Å². The molecule has 1 N–H and O–H groups in total. The molecule has 0 bridgehead atoms. The lowest BCUT2D eigenvalue weighted by molar-refractivity contribution is 0.339. The summed E-state index contributed by atoms with van der Waals surface area (Å²) in [7, 11) is 0. The van der Waals surface area contributed by atoms with Gasteiger partial charge in [-0.1, -0.05) is 56.1 Å². The molecule has 0 aliphatic heterocycles. The van der Waals surface area contributed by atoms with Crippen molar-refractivity contribution in [2.75, 3.05) is 13.1 Å². The highest BCUT2D eigenvalue weighted by atomic mass is 35.5. The Bertz CT molecular complexity index is 361. The van der Waals surface area contributed by atoms with E-state index in [2.05, 4.69) is 32.2 Å². The zero-order valence-corrected chi connectivity index (χ0v) is 12.3. The van der Waals surface area contributed by atoms with E-state index in [4.69, 9.17) is 23.2 Å². The number of hydrogen-bond acceptors (Lipinski definition) is 1. The molecule has 3 heteroatoms. The van der Waals surface area contributed by atoms with Crippen LogP contribution >= 0.6 is 23.2 Å². The van der Waals surface area contributed by atoms with Gasteiger partial charge in [-0.25, -0.2) is 0 Å². The van der Waals surface area contributed by atoms with Crippen molar-refractivity contribution in [1.29, 1.82) is 0 Å². The fourth-order valence-electron chi connectivity index (χ4n) is 1.87. The van der Waals surface area contributed by atoms with E-state index in [9.17, 15) is 0 Å². The number of hydrogen-bond donors (Lipinski definition) is 1. The van der Waals surface area contributed by atoms with E-state index in [-0.39, 0.29) is 5.41 Å². The molecular weight excluding hydrogens is 253 g/mol. The average Bonchev–Trinajstić information content (AvgIpc) is 2.25. The summed E-state index contributed by atoms with van der Waals surface area (Å²) in [5, 5.41) is 4.79. The second kappa shape index (κ2) is 6.63. The van der Waals surface area contributed by atoms with Crippen LogP contribution in [0.5, 0.6) is 0 Å². The van der Waals surface area contributed by atoms with Crippen LogP contribution in [0.25, 0.3) is 0 Å². The minimum atomic E-state index is 0.184. The quantitative estimate of drug-likeness (QED) is 0.750. The van der Waals surface area contributed by atoms with Crippen LogP contribution in [0.3, 0.4) is 0 Å². The van der Waals surface area contributed by atoms with Gasteiger partial charge < -0.3 is 5.32 Å². The topological polar surface area (TPSA) is 12.0 Å². The van der Waals surface area contributed by atoms with Crippen LogP contribution in [0, 0.1) is 5.41 Å². The molecule has 0 saturated heterocycles. The number of nitrogens with one attached hydrogen (secondary N) is 1. The highest BCUT2D eigenvalue weighted by molar-refractivity contribution is 6.42. The fraction of sp³-hybridized carbons (Fsp3) is 0.571. The molecule has 0 spiro atoms. The van der Waals surface area contributed by atoms with Gasteiger partial charge in [-0.2, -0.15) is 0 Å². The van der Waals surface area contributed by atoms with Gasteiger partial charge in [-0.3, -0.25) is 0 Å². The van der Waals surface area contributed by atoms with Crippen molar-refractivity contribution in [2.45, 2.75) is 33.6 Å². The highest BCUT2D eigenvalue weighted by Gasteiger charge is 2.19. The number of rotatable bonds is 6. The Kier molecular flexibility index (Phi) is 5.78. The standard InChI is InChI=1S/C14H21Cl2N/c1-4-8-17-10-14(2,3)9-11-6-5-7-12(15)13(11)16/h5-7,17H,4,8-10H2,1-3H3. The molecule has 0 atom stereocenters. The molecule has 0 fully saturated rings. The molecule has 0 unspecified atom stereocenters. The third-order valence-electron chi connectivity index (χ3n) is 2.73. The SMILES string of the molecule is CCCNCC(C)(C)Cc1cccc(Cl)c1Cl. The Morgan fingerprint density at radius 1 is 1.24 bits per heavy atom. The lowest BCUT2D eigenvalue weighted by Crippen LogP contribution is -2.31. The van der Waals surface area contributed by atoms with E-state index in [1.54, 1.807) is 0 Å². The van der Waals surface area contributed by atoms with Crippen molar-refractivity contribution in [3.63, 3.8) is 0 Å². The monoisotopic (exact) mass is 273 g/mol. The molecule has 0 aliphatic rings. The van der Waals surface area contributed by atoms with Gasteiger partial charge in [0.25, 0.3) is 0 Å². The van der Waals surface area contributed by atoms with Crippen LogP contribution in [0.2, 0.25) is 10.0 Å². The second-order valence-electron chi connectivity index (χ2n) is 5.23. The maximum atomic E-state index is 6.21. The Balaban J connectivity index is 2.65. The molecule has 0 radical (unpaired) electrons. The summed E-state index contributed by atoms with van der Waals surface area (Å²) in [6.45, 7) is 8.71. The van der Waals surface area contributed by atoms with Crippen LogP contribution in [0.4, 0.5) is 0 Å². The minimum absolute atomic E-state index is 0.184. The molecule has 1 aromatic rings. The zero-order valence-electron chi connectivity index (χ0n) is 10.8. The van der Waals surface area contributed by atoms with Gasteiger partial charge in [0, 0.05) is 6.54 Å². The molecule has 0 heterocycles. The molecule has 0 aromatic heterocycles. The van der Waals surface area contributed by atoms with Crippen molar-refractivity contribution in [3.05, 3.63) is 33.8 Å². The molecule has 1 nitrogen and oxygen atoms in total. The summed E-state index contributed by atoms with van der Waals surface area (Å²) in [6, 6.07) is 5.84. The molecule has 1 aromatic carbocycles. The number of benzene rings is 1. The highest BCUT2D eigenvalue weighted by Crippen LogP contribution is 2.30. The summed E-state index contributed by atoms with van der Waals surface area (Å²) in [5.74, 6) is 0. The van der Waals surface area contributed by atoms with Crippen molar-refractivity contribution < 1.29 is 0 Å². The van der Waals surface area contributed by atoms with Crippen LogP contribution in [0.1, 0.15) is 32.8 Å². The summed E-state index contributed by atoms with van der Waals surface area (Å²) in [4.78, 5) is 0. The first-order chi connectivity index (χ1) is 7.96. The van der Waals surface area contributed by atoms with Crippen molar-refractivity contribution in [1.82, 2.24) is 5.32 Å².